The van der Waals surface area contributed by atoms with Gasteiger partial charge in [0, 0.05) is 37.4 Å². The molecule has 2 atom stereocenters. The molecule has 2 heterocycles. The number of rotatable bonds is 7. The van der Waals surface area contributed by atoms with Gasteiger partial charge in [-0.05, 0) is 51.0 Å². The molecule has 1 N–H and O–H groups in total. The van der Waals surface area contributed by atoms with Crippen molar-refractivity contribution in [3.63, 3.8) is 0 Å². The van der Waals surface area contributed by atoms with E-state index < -0.39 is 0 Å². The van der Waals surface area contributed by atoms with Crippen molar-refractivity contribution >= 4 is 51.4 Å². The van der Waals surface area contributed by atoms with Crippen molar-refractivity contribution in [2.75, 3.05) is 34.0 Å². The highest BCUT2D eigenvalue weighted by Crippen LogP contribution is 2.35. The number of nitrogens with one attached hydrogen (secondary N) is 1. The second kappa shape index (κ2) is 9.54. The predicted molar refractivity (Wildman–Crippen MR) is 124 cm³/mol. The summed E-state index contributed by atoms with van der Waals surface area (Å²) >= 11 is 2.68. The first-order valence-electron chi connectivity index (χ1n) is 10.5. The third-order valence-corrected chi connectivity index (χ3v) is 7.17. The zero-order valence-electron chi connectivity index (χ0n) is 17.9. The number of amides is 2. The number of carbonyl (C=O) groups is 2. The fourth-order valence-electron chi connectivity index (χ4n) is 3.71. The van der Waals surface area contributed by atoms with Crippen molar-refractivity contribution in [2.24, 2.45) is 0 Å². The average Bonchev–Trinajstić information content (AvgIpc) is 3.43. The molecule has 2 amide bonds. The molecule has 2 unspecified atom stereocenters. The summed E-state index contributed by atoms with van der Waals surface area (Å²) in [7, 11) is 0. The number of thioether (sulfide) groups is 1. The molecule has 0 radical (unpaired) electrons. The largest absolute Gasteiger partial charge is 0.372 e. The SMILES string of the molecule is CC(=O)N(c1nnc(SCC(=O)Nc2ccc(N3CC(C)OC(C)C3)cc2)s1)C1CC1. The van der Waals surface area contributed by atoms with E-state index in [1.54, 1.807) is 11.8 Å². The maximum Gasteiger partial charge on any atom is 0.234 e. The third-order valence-electron chi connectivity index (χ3n) is 5.12. The second-order valence-corrected chi connectivity index (χ2v) is 10.2. The lowest BCUT2D eigenvalue weighted by molar-refractivity contribution is -0.116. The van der Waals surface area contributed by atoms with Crippen LogP contribution in [0.4, 0.5) is 16.5 Å². The number of hydrogen-bond donors (Lipinski definition) is 1. The minimum absolute atomic E-state index is 0.0163. The number of morpholine rings is 1. The highest BCUT2D eigenvalue weighted by Gasteiger charge is 2.34. The summed E-state index contributed by atoms with van der Waals surface area (Å²) < 4.78 is 6.47. The van der Waals surface area contributed by atoms with Gasteiger partial charge in [-0.3, -0.25) is 14.5 Å². The highest BCUT2D eigenvalue weighted by atomic mass is 32.2. The molecule has 2 aromatic rings. The van der Waals surface area contributed by atoms with Crippen LogP contribution in [0.5, 0.6) is 0 Å². The number of anilines is 3. The van der Waals surface area contributed by atoms with Gasteiger partial charge in [0.25, 0.3) is 0 Å². The summed E-state index contributed by atoms with van der Waals surface area (Å²) in [6.45, 7) is 7.43. The molecule has 1 aliphatic carbocycles. The van der Waals surface area contributed by atoms with Gasteiger partial charge in [-0.2, -0.15) is 0 Å². The molecule has 1 saturated carbocycles. The topological polar surface area (TPSA) is 87.7 Å². The summed E-state index contributed by atoms with van der Waals surface area (Å²) in [6.07, 6.45) is 2.42. The van der Waals surface area contributed by atoms with Gasteiger partial charge in [0.1, 0.15) is 0 Å². The summed E-state index contributed by atoms with van der Waals surface area (Å²) in [6, 6.07) is 8.15. The molecule has 1 saturated heterocycles. The highest BCUT2D eigenvalue weighted by molar-refractivity contribution is 8.01. The van der Waals surface area contributed by atoms with E-state index in [4.69, 9.17) is 4.74 Å². The lowest BCUT2D eigenvalue weighted by Gasteiger charge is -2.36. The molecule has 0 spiro atoms. The fraction of sp³-hybridized carbons (Fsp3) is 0.524. The zero-order valence-corrected chi connectivity index (χ0v) is 19.5. The standard InChI is InChI=1S/C21H27N5O3S2/c1-13-10-25(11-14(2)29-13)17-6-4-16(5-7-17)22-19(28)12-30-21-24-23-20(31-21)26(15(3)27)18-8-9-18/h4-7,13-14,18H,8-12H2,1-3H3,(H,22,28). The Balaban J connectivity index is 1.28. The quantitative estimate of drug-likeness (QED) is 0.499. The maximum atomic E-state index is 12.4. The van der Waals surface area contributed by atoms with E-state index in [-0.39, 0.29) is 35.8 Å². The van der Waals surface area contributed by atoms with Crippen LogP contribution < -0.4 is 15.1 Å². The van der Waals surface area contributed by atoms with Crippen LogP contribution in [0, 0.1) is 0 Å². The smallest absolute Gasteiger partial charge is 0.234 e. The molecule has 10 heteroatoms. The molecule has 2 aliphatic rings. The molecular weight excluding hydrogens is 434 g/mol. The van der Waals surface area contributed by atoms with Crippen LogP contribution >= 0.6 is 23.1 Å². The van der Waals surface area contributed by atoms with Crippen molar-refractivity contribution in [1.82, 2.24) is 10.2 Å². The van der Waals surface area contributed by atoms with E-state index >= 15 is 0 Å². The number of nitrogens with zero attached hydrogens (tertiary/aromatic N) is 4. The molecule has 1 aromatic carbocycles. The molecule has 4 rings (SSSR count). The first kappa shape index (κ1) is 22.0. The van der Waals surface area contributed by atoms with Crippen molar-refractivity contribution < 1.29 is 14.3 Å². The molecular formula is C21H27N5O3S2. The van der Waals surface area contributed by atoms with E-state index in [0.29, 0.717) is 9.47 Å². The Morgan fingerprint density at radius 3 is 2.48 bits per heavy atom. The molecule has 8 nitrogen and oxygen atoms in total. The van der Waals surface area contributed by atoms with Crippen LogP contribution in [0.25, 0.3) is 0 Å². The average molecular weight is 462 g/mol. The van der Waals surface area contributed by atoms with Crippen LogP contribution in [-0.2, 0) is 14.3 Å². The van der Waals surface area contributed by atoms with Gasteiger partial charge >= 0.3 is 0 Å². The van der Waals surface area contributed by atoms with Crippen molar-refractivity contribution in [1.29, 1.82) is 0 Å². The maximum absolute atomic E-state index is 12.4. The molecule has 1 aliphatic heterocycles. The van der Waals surface area contributed by atoms with Gasteiger partial charge in [-0.1, -0.05) is 23.1 Å². The summed E-state index contributed by atoms with van der Waals surface area (Å²) in [4.78, 5) is 28.2. The molecule has 0 bridgehead atoms. The van der Waals surface area contributed by atoms with Crippen LogP contribution in [0.3, 0.4) is 0 Å². The van der Waals surface area contributed by atoms with Crippen molar-refractivity contribution in [3.8, 4) is 0 Å². The van der Waals surface area contributed by atoms with Gasteiger partial charge in [-0.15, -0.1) is 10.2 Å². The van der Waals surface area contributed by atoms with E-state index in [2.05, 4.69) is 34.3 Å². The first-order valence-corrected chi connectivity index (χ1v) is 12.3. The van der Waals surface area contributed by atoms with E-state index in [1.807, 2.05) is 24.3 Å². The number of ether oxygens (including phenoxy) is 1. The number of benzene rings is 1. The number of hydrogen-bond acceptors (Lipinski definition) is 8. The Labute approximate surface area is 190 Å². The normalized spacial score (nSPS) is 21.1. The first-order chi connectivity index (χ1) is 14.9. The van der Waals surface area contributed by atoms with Gasteiger partial charge in [0.2, 0.25) is 16.9 Å². The van der Waals surface area contributed by atoms with Crippen LogP contribution in [-0.4, -0.2) is 59.1 Å². The zero-order chi connectivity index (χ0) is 22.0. The predicted octanol–water partition coefficient (Wildman–Crippen LogP) is 3.40. The summed E-state index contributed by atoms with van der Waals surface area (Å²) in [5.74, 6) is 0.115. The Hall–Kier alpha value is -2.17. The molecule has 31 heavy (non-hydrogen) atoms. The Morgan fingerprint density at radius 2 is 1.87 bits per heavy atom. The van der Waals surface area contributed by atoms with E-state index in [9.17, 15) is 9.59 Å². The Kier molecular flexibility index (Phi) is 6.78. The molecule has 166 valence electrons. The fourth-order valence-corrected chi connectivity index (χ4v) is 5.46. The van der Waals surface area contributed by atoms with Gasteiger partial charge in [0.15, 0.2) is 4.34 Å². The minimum atomic E-state index is -0.103. The van der Waals surface area contributed by atoms with Crippen LogP contribution in [0.15, 0.2) is 28.6 Å². The molecule has 2 fully saturated rings. The summed E-state index contributed by atoms with van der Waals surface area (Å²) in [5, 5.41) is 11.8. The van der Waals surface area contributed by atoms with Gasteiger partial charge in [0.05, 0.1) is 18.0 Å². The third kappa shape index (κ3) is 5.75. The van der Waals surface area contributed by atoms with Crippen molar-refractivity contribution in [2.45, 2.75) is 56.2 Å². The van der Waals surface area contributed by atoms with Crippen LogP contribution in [0.1, 0.15) is 33.6 Å². The Morgan fingerprint density at radius 1 is 1.19 bits per heavy atom. The molecule has 1 aromatic heterocycles. The van der Waals surface area contributed by atoms with Gasteiger partial charge in [-0.25, -0.2) is 0 Å². The minimum Gasteiger partial charge on any atom is -0.372 e. The number of aromatic nitrogens is 2. The van der Waals surface area contributed by atoms with E-state index in [1.165, 1.54) is 23.1 Å². The summed E-state index contributed by atoms with van der Waals surface area (Å²) in [5.41, 5.74) is 1.89. The monoisotopic (exact) mass is 461 g/mol. The Bertz CT molecular complexity index is 921. The number of carbonyl (C=O) groups excluding carboxylic acids is 2. The second-order valence-electron chi connectivity index (χ2n) is 8.02. The van der Waals surface area contributed by atoms with Gasteiger partial charge < -0.3 is 15.0 Å². The van der Waals surface area contributed by atoms with Crippen molar-refractivity contribution in [3.05, 3.63) is 24.3 Å². The van der Waals surface area contributed by atoms with E-state index in [0.717, 1.165) is 37.3 Å². The van der Waals surface area contributed by atoms with Crippen LogP contribution in [0.2, 0.25) is 0 Å². The lowest BCUT2D eigenvalue weighted by Crippen LogP contribution is -2.45. The lowest BCUT2D eigenvalue weighted by atomic mass is 10.2.